The van der Waals surface area contributed by atoms with E-state index in [9.17, 15) is 14.7 Å². The lowest BCUT2D eigenvalue weighted by Crippen LogP contribution is -2.47. The molecule has 1 fully saturated rings. The monoisotopic (exact) mass is 362 g/mol. The lowest BCUT2D eigenvalue weighted by molar-refractivity contribution is -0.143. The molecule has 1 heterocycles. The number of hydrogen-bond donors (Lipinski definition) is 1. The van der Waals surface area contributed by atoms with E-state index in [1.165, 1.54) is 0 Å². The summed E-state index contributed by atoms with van der Waals surface area (Å²) in [4.78, 5) is 28.0. The van der Waals surface area contributed by atoms with Gasteiger partial charge in [-0.05, 0) is 57.1 Å². The molecule has 144 valence electrons. The van der Waals surface area contributed by atoms with Gasteiger partial charge in [-0.3, -0.25) is 9.59 Å². The third-order valence-electron chi connectivity index (χ3n) is 5.16. The summed E-state index contributed by atoms with van der Waals surface area (Å²) < 4.78 is 5.75. The van der Waals surface area contributed by atoms with Crippen molar-refractivity contribution in [3.63, 3.8) is 0 Å². The minimum atomic E-state index is -0.827. The van der Waals surface area contributed by atoms with E-state index < -0.39 is 11.9 Å². The summed E-state index contributed by atoms with van der Waals surface area (Å²) in [6.07, 6.45) is 1.34. The van der Waals surface area contributed by atoms with Crippen LogP contribution in [0.5, 0.6) is 5.75 Å². The number of hydrogen-bond acceptors (Lipinski definition) is 4. The average Bonchev–Trinajstić information content (AvgIpc) is 2.65. The number of piperidine rings is 1. The highest BCUT2D eigenvalue weighted by Crippen LogP contribution is 2.24. The highest BCUT2D eigenvalue weighted by Gasteiger charge is 2.32. The van der Waals surface area contributed by atoms with Gasteiger partial charge >= 0.3 is 5.97 Å². The smallest absolute Gasteiger partial charge is 0.308 e. The van der Waals surface area contributed by atoms with Gasteiger partial charge in [0.25, 0.3) is 5.91 Å². The first kappa shape index (κ1) is 20.2. The number of carbonyl (C=O) groups is 2. The Morgan fingerprint density at radius 3 is 2.42 bits per heavy atom. The topological polar surface area (TPSA) is 70.1 Å². The van der Waals surface area contributed by atoms with Crippen LogP contribution in [0.2, 0.25) is 0 Å². The number of carboxylic acids is 1. The van der Waals surface area contributed by atoms with Crippen molar-refractivity contribution in [3.8, 4) is 5.75 Å². The van der Waals surface area contributed by atoms with Crippen LogP contribution >= 0.6 is 0 Å². The van der Waals surface area contributed by atoms with E-state index in [0.717, 1.165) is 31.8 Å². The number of amides is 1. The number of carbonyl (C=O) groups excluding carboxylic acids is 1. The van der Waals surface area contributed by atoms with Crippen LogP contribution in [0.4, 0.5) is 0 Å². The van der Waals surface area contributed by atoms with Crippen LogP contribution in [0.25, 0.3) is 0 Å². The molecule has 0 bridgehead atoms. The Bertz CT molecular complexity index is 598. The van der Waals surface area contributed by atoms with Gasteiger partial charge in [0, 0.05) is 24.7 Å². The van der Waals surface area contributed by atoms with Crippen LogP contribution in [-0.4, -0.2) is 65.6 Å². The van der Waals surface area contributed by atoms with E-state index in [1.807, 2.05) is 6.92 Å². The van der Waals surface area contributed by atoms with Gasteiger partial charge in [0.1, 0.15) is 12.4 Å². The van der Waals surface area contributed by atoms with Crippen LogP contribution in [0.15, 0.2) is 24.3 Å². The van der Waals surface area contributed by atoms with Crippen molar-refractivity contribution in [2.24, 2.45) is 5.92 Å². The summed E-state index contributed by atoms with van der Waals surface area (Å²) in [6.45, 7) is 9.98. The van der Waals surface area contributed by atoms with Gasteiger partial charge in [0.15, 0.2) is 0 Å². The zero-order valence-electron chi connectivity index (χ0n) is 16.0. The molecule has 1 aliphatic rings. The van der Waals surface area contributed by atoms with Gasteiger partial charge in [0.05, 0.1) is 5.92 Å². The fraction of sp³-hybridized carbons (Fsp3) is 0.600. The van der Waals surface area contributed by atoms with Crippen molar-refractivity contribution >= 4 is 11.9 Å². The fourth-order valence-electron chi connectivity index (χ4n) is 3.28. The van der Waals surface area contributed by atoms with Crippen LogP contribution in [-0.2, 0) is 4.79 Å². The summed E-state index contributed by atoms with van der Waals surface area (Å²) in [7, 11) is 0. The van der Waals surface area contributed by atoms with Gasteiger partial charge in [-0.15, -0.1) is 0 Å². The van der Waals surface area contributed by atoms with Crippen molar-refractivity contribution in [2.45, 2.75) is 39.7 Å². The highest BCUT2D eigenvalue weighted by atomic mass is 16.5. The number of carboxylic acid groups (broad SMARTS) is 1. The molecule has 0 saturated carbocycles. The van der Waals surface area contributed by atoms with Gasteiger partial charge in [-0.1, -0.05) is 13.8 Å². The van der Waals surface area contributed by atoms with E-state index in [4.69, 9.17) is 4.74 Å². The second-order valence-corrected chi connectivity index (χ2v) is 6.82. The maximum absolute atomic E-state index is 12.8. The molecule has 2 unspecified atom stereocenters. The predicted octanol–water partition coefficient (Wildman–Crippen LogP) is 2.73. The third-order valence-corrected chi connectivity index (χ3v) is 5.16. The predicted molar refractivity (Wildman–Crippen MR) is 101 cm³/mol. The molecule has 1 aliphatic heterocycles. The molecule has 1 N–H and O–H groups in total. The van der Waals surface area contributed by atoms with Crippen molar-refractivity contribution < 1.29 is 19.4 Å². The molecule has 26 heavy (non-hydrogen) atoms. The Morgan fingerprint density at radius 1 is 1.19 bits per heavy atom. The van der Waals surface area contributed by atoms with Gasteiger partial charge in [-0.25, -0.2) is 0 Å². The zero-order valence-corrected chi connectivity index (χ0v) is 16.0. The molecule has 0 radical (unpaired) electrons. The lowest BCUT2D eigenvalue weighted by Gasteiger charge is -2.36. The Labute approximate surface area is 155 Å². The fourth-order valence-corrected chi connectivity index (χ4v) is 3.28. The van der Waals surface area contributed by atoms with Gasteiger partial charge < -0.3 is 19.6 Å². The largest absolute Gasteiger partial charge is 0.492 e. The number of likely N-dealkylation sites (N-methyl/N-ethyl adjacent to an activating group) is 1. The maximum Gasteiger partial charge on any atom is 0.308 e. The van der Waals surface area contributed by atoms with Crippen LogP contribution in [0.3, 0.4) is 0 Å². The highest BCUT2D eigenvalue weighted by molar-refractivity contribution is 5.95. The SMILES string of the molecule is CCN(CC)CCOc1ccc(C(=O)N2CC(C(=O)O)CCC2C)cc1. The molecule has 1 saturated heterocycles. The second-order valence-electron chi connectivity index (χ2n) is 6.82. The normalized spacial score (nSPS) is 20.2. The summed E-state index contributed by atoms with van der Waals surface area (Å²) in [5, 5.41) is 9.23. The van der Waals surface area contributed by atoms with Crippen molar-refractivity contribution in [3.05, 3.63) is 29.8 Å². The first-order valence-electron chi connectivity index (χ1n) is 9.45. The first-order valence-corrected chi connectivity index (χ1v) is 9.45. The van der Waals surface area contributed by atoms with Crippen molar-refractivity contribution in [1.82, 2.24) is 9.80 Å². The van der Waals surface area contributed by atoms with E-state index in [0.29, 0.717) is 18.6 Å². The molecule has 1 aromatic carbocycles. The molecular formula is C20H30N2O4. The average molecular weight is 362 g/mol. The standard InChI is InChI=1S/C20H30N2O4/c1-4-21(5-2)12-13-26-18-10-8-16(9-11-18)19(23)22-14-17(20(24)25)7-6-15(22)3/h8-11,15,17H,4-7,12-14H2,1-3H3,(H,24,25). The maximum atomic E-state index is 12.8. The molecule has 0 spiro atoms. The lowest BCUT2D eigenvalue weighted by atomic mass is 9.93. The van der Waals surface area contributed by atoms with E-state index in [2.05, 4.69) is 18.7 Å². The van der Waals surface area contributed by atoms with Crippen LogP contribution in [0, 0.1) is 5.92 Å². The Hall–Kier alpha value is -2.08. The Kier molecular flexibility index (Phi) is 7.45. The number of rotatable bonds is 8. The summed E-state index contributed by atoms with van der Waals surface area (Å²) in [5.74, 6) is -0.675. The molecule has 1 aromatic rings. The number of ether oxygens (including phenoxy) is 1. The molecule has 6 heteroatoms. The summed E-state index contributed by atoms with van der Waals surface area (Å²) >= 11 is 0. The van der Waals surface area contributed by atoms with Crippen LogP contribution in [0.1, 0.15) is 44.0 Å². The first-order chi connectivity index (χ1) is 12.5. The second kappa shape index (κ2) is 9.57. The summed E-state index contributed by atoms with van der Waals surface area (Å²) in [6, 6.07) is 7.18. The van der Waals surface area contributed by atoms with Crippen molar-refractivity contribution in [1.29, 1.82) is 0 Å². The minimum Gasteiger partial charge on any atom is -0.492 e. The molecule has 6 nitrogen and oxygen atoms in total. The van der Waals surface area contributed by atoms with Gasteiger partial charge in [0.2, 0.25) is 0 Å². The number of aliphatic carboxylic acids is 1. The van der Waals surface area contributed by atoms with Crippen molar-refractivity contribution in [2.75, 3.05) is 32.8 Å². The van der Waals surface area contributed by atoms with Gasteiger partial charge in [-0.2, -0.15) is 0 Å². The molecule has 2 rings (SSSR count). The Balaban J connectivity index is 1.94. The van der Waals surface area contributed by atoms with E-state index >= 15 is 0 Å². The van der Waals surface area contributed by atoms with Crippen LogP contribution < -0.4 is 4.74 Å². The van der Waals surface area contributed by atoms with E-state index in [1.54, 1.807) is 29.2 Å². The number of nitrogens with zero attached hydrogens (tertiary/aromatic N) is 2. The third kappa shape index (κ3) is 5.21. The number of benzene rings is 1. The summed E-state index contributed by atoms with van der Waals surface area (Å²) in [5.41, 5.74) is 0.569. The molecule has 0 aliphatic carbocycles. The quantitative estimate of drug-likeness (QED) is 0.770. The number of likely N-dealkylation sites (tertiary alicyclic amines) is 1. The zero-order chi connectivity index (χ0) is 19.1. The molecule has 1 amide bonds. The Morgan fingerprint density at radius 2 is 1.85 bits per heavy atom. The molecular weight excluding hydrogens is 332 g/mol. The minimum absolute atomic E-state index is 0.0584. The molecule has 2 atom stereocenters. The molecule has 0 aromatic heterocycles. The van der Waals surface area contributed by atoms with E-state index in [-0.39, 0.29) is 18.5 Å².